The molecule has 4 aromatic rings. The molecule has 1 aromatic carbocycles. The average Bonchev–Trinajstić information content (AvgIpc) is 3.45. The normalized spacial score (nSPS) is 11.1. The standard InChI is InChI=1S/C21H19FN4OS2/c1-13-10-17(14(2)26(13)11-15-5-7-16(22)8-6-15)18(27)12-29-21-23-20(24-25-21)19-4-3-9-28-19/h3-10H,11-12H2,1-2H3,(H,23,24,25). The van der Waals surface area contributed by atoms with E-state index in [0.717, 1.165) is 21.8 Å². The highest BCUT2D eigenvalue weighted by Crippen LogP contribution is 2.25. The maximum Gasteiger partial charge on any atom is 0.209 e. The number of H-pyrrole nitrogens is 1. The molecular weight excluding hydrogens is 407 g/mol. The third kappa shape index (κ3) is 4.33. The summed E-state index contributed by atoms with van der Waals surface area (Å²) < 4.78 is 15.2. The lowest BCUT2D eigenvalue weighted by molar-refractivity contribution is 0.102. The molecule has 5 nitrogen and oxygen atoms in total. The largest absolute Gasteiger partial charge is 0.344 e. The average molecular weight is 427 g/mol. The number of halogens is 1. The Bertz CT molecular complexity index is 1130. The van der Waals surface area contributed by atoms with Crippen LogP contribution in [0, 0.1) is 19.7 Å². The highest BCUT2D eigenvalue weighted by molar-refractivity contribution is 7.99. The van der Waals surface area contributed by atoms with Crippen LogP contribution in [-0.4, -0.2) is 31.3 Å². The zero-order valence-electron chi connectivity index (χ0n) is 16.0. The number of thiophene rings is 1. The number of aromatic amines is 1. The summed E-state index contributed by atoms with van der Waals surface area (Å²) in [5, 5.41) is 9.64. The number of aromatic nitrogens is 4. The van der Waals surface area contributed by atoms with Gasteiger partial charge in [0.15, 0.2) is 11.6 Å². The van der Waals surface area contributed by atoms with Gasteiger partial charge in [0, 0.05) is 23.5 Å². The Morgan fingerprint density at radius 1 is 1.24 bits per heavy atom. The van der Waals surface area contributed by atoms with Crippen LogP contribution in [0.15, 0.2) is 53.0 Å². The Kier molecular flexibility index (Phi) is 5.64. The predicted molar refractivity (Wildman–Crippen MR) is 114 cm³/mol. The molecule has 0 aliphatic carbocycles. The fourth-order valence-electron chi connectivity index (χ4n) is 3.14. The van der Waals surface area contributed by atoms with Crippen molar-refractivity contribution in [2.75, 3.05) is 5.75 Å². The number of nitrogens with one attached hydrogen (secondary N) is 1. The molecule has 1 N–H and O–H groups in total. The van der Waals surface area contributed by atoms with Gasteiger partial charge in [-0.25, -0.2) is 9.37 Å². The van der Waals surface area contributed by atoms with Crippen molar-refractivity contribution in [2.24, 2.45) is 0 Å². The first kappa shape index (κ1) is 19.6. The summed E-state index contributed by atoms with van der Waals surface area (Å²) in [6.07, 6.45) is 0. The van der Waals surface area contributed by atoms with Crippen molar-refractivity contribution in [3.8, 4) is 10.7 Å². The number of Topliss-reactive ketones (excluding diaryl/α,β-unsaturated/α-hetero) is 1. The van der Waals surface area contributed by atoms with Crippen LogP contribution < -0.4 is 0 Å². The van der Waals surface area contributed by atoms with E-state index in [9.17, 15) is 9.18 Å². The molecule has 29 heavy (non-hydrogen) atoms. The second-order valence-corrected chi connectivity index (χ2v) is 8.54. The zero-order valence-corrected chi connectivity index (χ0v) is 17.6. The molecule has 0 saturated heterocycles. The van der Waals surface area contributed by atoms with E-state index in [2.05, 4.69) is 19.7 Å². The van der Waals surface area contributed by atoms with Gasteiger partial charge in [-0.1, -0.05) is 30.0 Å². The highest BCUT2D eigenvalue weighted by Gasteiger charge is 2.17. The first-order valence-electron chi connectivity index (χ1n) is 9.04. The second kappa shape index (κ2) is 8.34. The van der Waals surface area contributed by atoms with E-state index >= 15 is 0 Å². The van der Waals surface area contributed by atoms with E-state index in [1.54, 1.807) is 23.5 Å². The molecule has 3 aromatic heterocycles. The van der Waals surface area contributed by atoms with Crippen LogP contribution in [0.3, 0.4) is 0 Å². The molecule has 4 rings (SSSR count). The minimum Gasteiger partial charge on any atom is -0.344 e. The fourth-order valence-corrected chi connectivity index (χ4v) is 4.49. The number of hydrogen-bond donors (Lipinski definition) is 1. The summed E-state index contributed by atoms with van der Waals surface area (Å²) in [7, 11) is 0. The molecule has 3 heterocycles. The molecule has 0 aliphatic heterocycles. The van der Waals surface area contributed by atoms with Crippen molar-refractivity contribution in [3.05, 3.63) is 76.2 Å². The predicted octanol–water partition coefficient (Wildman–Crippen LogP) is 5.11. The van der Waals surface area contributed by atoms with Gasteiger partial charge in [0.1, 0.15) is 5.82 Å². The topological polar surface area (TPSA) is 63.6 Å². The molecule has 0 amide bonds. The molecule has 8 heteroatoms. The molecule has 0 radical (unpaired) electrons. The summed E-state index contributed by atoms with van der Waals surface area (Å²) in [6.45, 7) is 4.52. The van der Waals surface area contributed by atoms with Gasteiger partial charge in [0.05, 0.1) is 10.6 Å². The van der Waals surface area contributed by atoms with E-state index in [4.69, 9.17) is 0 Å². The summed E-state index contributed by atoms with van der Waals surface area (Å²) in [5.41, 5.74) is 3.60. The number of rotatable bonds is 7. The minimum absolute atomic E-state index is 0.0379. The molecule has 148 valence electrons. The van der Waals surface area contributed by atoms with Crippen LogP contribution in [0.5, 0.6) is 0 Å². The summed E-state index contributed by atoms with van der Waals surface area (Å²) in [6, 6.07) is 12.3. The summed E-state index contributed by atoms with van der Waals surface area (Å²) >= 11 is 2.91. The number of carbonyl (C=O) groups is 1. The maximum absolute atomic E-state index is 13.1. The second-order valence-electron chi connectivity index (χ2n) is 6.65. The lowest BCUT2D eigenvalue weighted by Gasteiger charge is -2.10. The van der Waals surface area contributed by atoms with E-state index in [1.807, 2.05) is 37.4 Å². The molecule has 0 atom stereocenters. The van der Waals surface area contributed by atoms with Crippen LogP contribution in [0.2, 0.25) is 0 Å². The molecule has 0 bridgehead atoms. The Labute approximate surface area is 176 Å². The van der Waals surface area contributed by atoms with Crippen molar-refractivity contribution in [1.82, 2.24) is 19.7 Å². The van der Waals surface area contributed by atoms with Crippen LogP contribution in [0.4, 0.5) is 4.39 Å². The monoisotopic (exact) mass is 426 g/mol. The quantitative estimate of drug-likeness (QED) is 0.329. The van der Waals surface area contributed by atoms with Crippen LogP contribution in [0.1, 0.15) is 27.3 Å². The lowest BCUT2D eigenvalue weighted by Crippen LogP contribution is -2.07. The van der Waals surface area contributed by atoms with Crippen LogP contribution in [0.25, 0.3) is 10.7 Å². The van der Waals surface area contributed by atoms with Crippen LogP contribution >= 0.6 is 23.1 Å². The van der Waals surface area contributed by atoms with E-state index in [1.165, 1.54) is 23.9 Å². The summed E-state index contributed by atoms with van der Waals surface area (Å²) in [5.74, 6) is 0.767. The third-order valence-corrected chi connectivity index (χ3v) is 6.40. The maximum atomic E-state index is 13.1. The molecule has 0 unspecified atom stereocenters. The number of hydrogen-bond acceptors (Lipinski definition) is 5. The van der Waals surface area contributed by atoms with Crippen molar-refractivity contribution in [1.29, 1.82) is 0 Å². The van der Waals surface area contributed by atoms with Gasteiger partial charge < -0.3 is 4.57 Å². The Morgan fingerprint density at radius 2 is 2.03 bits per heavy atom. The molecule has 0 spiro atoms. The Balaban J connectivity index is 1.44. The Morgan fingerprint density at radius 3 is 2.76 bits per heavy atom. The smallest absolute Gasteiger partial charge is 0.209 e. The molecule has 0 fully saturated rings. The lowest BCUT2D eigenvalue weighted by atomic mass is 10.2. The first-order chi connectivity index (χ1) is 14.0. The van der Waals surface area contributed by atoms with E-state index in [0.29, 0.717) is 23.1 Å². The van der Waals surface area contributed by atoms with Crippen molar-refractivity contribution in [3.63, 3.8) is 0 Å². The molecular formula is C21H19FN4OS2. The van der Waals surface area contributed by atoms with Crippen molar-refractivity contribution < 1.29 is 9.18 Å². The number of benzene rings is 1. The number of nitrogens with zero attached hydrogens (tertiary/aromatic N) is 3. The van der Waals surface area contributed by atoms with E-state index < -0.39 is 0 Å². The van der Waals surface area contributed by atoms with Gasteiger partial charge in [-0.3, -0.25) is 9.89 Å². The Hall–Kier alpha value is -2.71. The minimum atomic E-state index is -0.253. The number of carbonyl (C=O) groups excluding carboxylic acids is 1. The fraction of sp³-hybridized carbons (Fsp3) is 0.190. The van der Waals surface area contributed by atoms with Crippen molar-refractivity contribution >= 4 is 28.9 Å². The molecule has 0 saturated carbocycles. The van der Waals surface area contributed by atoms with Gasteiger partial charge in [0.2, 0.25) is 5.16 Å². The highest BCUT2D eigenvalue weighted by atomic mass is 32.2. The number of thioether (sulfide) groups is 1. The van der Waals surface area contributed by atoms with E-state index in [-0.39, 0.29) is 17.4 Å². The first-order valence-corrected chi connectivity index (χ1v) is 10.9. The number of aryl methyl sites for hydroxylation is 1. The SMILES string of the molecule is Cc1cc(C(=O)CSc2n[nH]c(-c3cccs3)n2)c(C)n1Cc1ccc(F)cc1. The van der Waals surface area contributed by atoms with Gasteiger partial charge in [-0.05, 0) is 49.1 Å². The van der Waals surface area contributed by atoms with Gasteiger partial charge in [0.25, 0.3) is 0 Å². The zero-order chi connectivity index (χ0) is 20.4. The van der Waals surface area contributed by atoms with Gasteiger partial charge in [-0.2, -0.15) is 0 Å². The van der Waals surface area contributed by atoms with Crippen molar-refractivity contribution in [2.45, 2.75) is 25.5 Å². The summed E-state index contributed by atoms with van der Waals surface area (Å²) in [4.78, 5) is 18.2. The van der Waals surface area contributed by atoms with Gasteiger partial charge >= 0.3 is 0 Å². The molecule has 0 aliphatic rings. The van der Waals surface area contributed by atoms with Crippen LogP contribution in [-0.2, 0) is 6.54 Å². The third-order valence-electron chi connectivity index (χ3n) is 4.68. The van der Waals surface area contributed by atoms with Gasteiger partial charge in [-0.15, -0.1) is 16.4 Å². The number of ketones is 1.